The molecule has 0 bridgehead atoms. The zero-order chi connectivity index (χ0) is 9.68. The van der Waals surface area contributed by atoms with E-state index in [0.717, 1.165) is 6.07 Å². The van der Waals surface area contributed by atoms with Crippen molar-refractivity contribution in [3.8, 4) is 11.8 Å². The van der Waals surface area contributed by atoms with Gasteiger partial charge in [0.25, 0.3) is 0 Å². The lowest BCUT2D eigenvalue weighted by molar-refractivity contribution is -0.103. The van der Waals surface area contributed by atoms with Crippen molar-refractivity contribution in [2.45, 2.75) is 0 Å². The topological polar surface area (TPSA) is 34.1 Å². The summed E-state index contributed by atoms with van der Waals surface area (Å²) in [7, 11) is 0. The van der Waals surface area contributed by atoms with E-state index in [1.807, 2.05) is 0 Å². The van der Waals surface area contributed by atoms with Crippen molar-refractivity contribution in [3.63, 3.8) is 0 Å². The third-order valence-corrected chi connectivity index (χ3v) is 1.41. The van der Waals surface area contributed by atoms with Crippen molar-refractivity contribution >= 4 is 12.6 Å². The predicted octanol–water partition coefficient (Wildman–Crippen LogP) is 1.19. The first-order valence-corrected chi connectivity index (χ1v) is 3.48. The molecule has 0 N–H and O–H groups in total. The number of aldehydes is 2. The predicted molar refractivity (Wildman–Crippen MR) is 44.7 cm³/mol. The van der Waals surface area contributed by atoms with Crippen LogP contribution in [0.1, 0.15) is 15.9 Å². The third-order valence-electron chi connectivity index (χ3n) is 1.41. The molecule has 0 saturated heterocycles. The number of hydrogen-bond donors (Lipinski definition) is 0. The monoisotopic (exact) mass is 176 g/mol. The van der Waals surface area contributed by atoms with Gasteiger partial charge in [0.1, 0.15) is 5.82 Å². The molecule has 0 aromatic heterocycles. The Morgan fingerprint density at radius 3 is 2.69 bits per heavy atom. The Balaban J connectivity index is 3.20. The molecule has 0 radical (unpaired) electrons. The summed E-state index contributed by atoms with van der Waals surface area (Å²) in [6.45, 7) is 0. The van der Waals surface area contributed by atoms with Crippen molar-refractivity contribution in [1.82, 2.24) is 0 Å². The molecule has 0 heterocycles. The average Bonchev–Trinajstić information content (AvgIpc) is 2.16. The molecule has 0 aliphatic rings. The van der Waals surface area contributed by atoms with Crippen LogP contribution in [0.5, 0.6) is 0 Å². The first-order chi connectivity index (χ1) is 6.27. The molecule has 2 nitrogen and oxygen atoms in total. The lowest BCUT2D eigenvalue weighted by atomic mass is 10.1. The second-order valence-corrected chi connectivity index (χ2v) is 2.24. The maximum absolute atomic E-state index is 12.6. The number of halogens is 1. The van der Waals surface area contributed by atoms with Gasteiger partial charge in [0.15, 0.2) is 12.6 Å². The van der Waals surface area contributed by atoms with Crippen LogP contribution < -0.4 is 0 Å². The molecule has 0 aliphatic heterocycles. The van der Waals surface area contributed by atoms with Crippen LogP contribution in [0.2, 0.25) is 0 Å². The van der Waals surface area contributed by atoms with Gasteiger partial charge in [-0.2, -0.15) is 0 Å². The van der Waals surface area contributed by atoms with Crippen molar-refractivity contribution in [2.75, 3.05) is 0 Å². The third kappa shape index (κ3) is 2.24. The Kier molecular flexibility index (Phi) is 2.93. The Morgan fingerprint density at radius 2 is 2.08 bits per heavy atom. The van der Waals surface area contributed by atoms with Crippen molar-refractivity contribution in [1.29, 1.82) is 0 Å². The van der Waals surface area contributed by atoms with E-state index in [2.05, 4.69) is 11.8 Å². The average molecular weight is 176 g/mol. The maximum atomic E-state index is 12.6. The molecule has 3 heteroatoms. The molecule has 0 amide bonds. The standard InChI is InChI=1S/C10H5FO2/c11-10-4-3-8(2-1-5-12)9(6-10)7-13/h3-7H. The molecule has 13 heavy (non-hydrogen) atoms. The number of carbonyl (C=O) groups excluding carboxylic acids is 2. The van der Waals surface area contributed by atoms with Crippen molar-refractivity contribution in [2.24, 2.45) is 0 Å². The Morgan fingerprint density at radius 1 is 1.31 bits per heavy atom. The molecule has 0 unspecified atom stereocenters. The summed E-state index contributed by atoms with van der Waals surface area (Å²) in [5.74, 6) is 4.07. The van der Waals surface area contributed by atoms with Crippen molar-refractivity contribution in [3.05, 3.63) is 35.1 Å². The van der Waals surface area contributed by atoms with Gasteiger partial charge in [-0.25, -0.2) is 4.39 Å². The fourth-order valence-electron chi connectivity index (χ4n) is 0.852. The van der Waals surface area contributed by atoms with Crippen LogP contribution in [0.15, 0.2) is 18.2 Å². The number of benzene rings is 1. The van der Waals surface area contributed by atoms with Gasteiger partial charge in [-0.15, -0.1) is 0 Å². The summed E-state index contributed by atoms with van der Waals surface area (Å²) in [4.78, 5) is 20.3. The molecule has 0 saturated carbocycles. The van der Waals surface area contributed by atoms with E-state index in [1.165, 1.54) is 12.1 Å². The molecule has 1 rings (SSSR count). The van der Waals surface area contributed by atoms with E-state index >= 15 is 0 Å². The minimum absolute atomic E-state index is 0.148. The van der Waals surface area contributed by atoms with E-state index in [4.69, 9.17) is 0 Å². The fourth-order valence-corrected chi connectivity index (χ4v) is 0.852. The molecule has 0 aliphatic carbocycles. The minimum Gasteiger partial charge on any atom is -0.298 e. The molecule has 1 aromatic rings. The zero-order valence-electron chi connectivity index (χ0n) is 6.58. The normalized spacial score (nSPS) is 8.38. The summed E-state index contributed by atoms with van der Waals surface area (Å²) in [5, 5.41) is 0. The van der Waals surface area contributed by atoms with Gasteiger partial charge in [-0.1, -0.05) is 5.92 Å². The first kappa shape index (κ1) is 9.14. The molecule has 0 spiro atoms. The molecule has 0 atom stereocenters. The number of hydrogen-bond acceptors (Lipinski definition) is 2. The van der Waals surface area contributed by atoms with E-state index in [9.17, 15) is 14.0 Å². The fraction of sp³-hybridized carbons (Fsp3) is 0. The largest absolute Gasteiger partial charge is 0.298 e. The Hall–Kier alpha value is -1.95. The van der Waals surface area contributed by atoms with E-state index in [-0.39, 0.29) is 5.56 Å². The van der Waals surface area contributed by atoms with Gasteiger partial charge in [-0.3, -0.25) is 9.59 Å². The molecule has 64 valence electrons. The highest BCUT2D eigenvalue weighted by Crippen LogP contribution is 2.07. The summed E-state index contributed by atoms with van der Waals surface area (Å²) >= 11 is 0. The van der Waals surface area contributed by atoms with Gasteiger partial charge in [0.05, 0.1) is 0 Å². The van der Waals surface area contributed by atoms with Crippen LogP contribution in [-0.2, 0) is 4.79 Å². The molecule has 0 fully saturated rings. The van der Waals surface area contributed by atoms with Crippen molar-refractivity contribution < 1.29 is 14.0 Å². The smallest absolute Gasteiger partial charge is 0.193 e. The van der Waals surface area contributed by atoms with Crippen LogP contribution in [-0.4, -0.2) is 12.6 Å². The second-order valence-electron chi connectivity index (χ2n) is 2.24. The Labute approximate surface area is 74.4 Å². The molecule has 1 aromatic carbocycles. The van der Waals surface area contributed by atoms with Gasteiger partial charge < -0.3 is 0 Å². The van der Waals surface area contributed by atoms with E-state index < -0.39 is 5.82 Å². The lowest BCUT2D eigenvalue weighted by Gasteiger charge is -1.94. The summed E-state index contributed by atoms with van der Waals surface area (Å²) in [6.07, 6.45) is 0.913. The van der Waals surface area contributed by atoms with Gasteiger partial charge in [0.2, 0.25) is 0 Å². The highest BCUT2D eigenvalue weighted by Gasteiger charge is 1.99. The minimum atomic E-state index is -0.501. The first-order valence-electron chi connectivity index (χ1n) is 3.48. The molecular weight excluding hydrogens is 171 g/mol. The van der Waals surface area contributed by atoms with Gasteiger partial charge in [0, 0.05) is 11.1 Å². The van der Waals surface area contributed by atoms with Gasteiger partial charge in [-0.05, 0) is 24.1 Å². The second kappa shape index (κ2) is 4.17. The van der Waals surface area contributed by atoms with Crippen LogP contribution in [0, 0.1) is 17.7 Å². The van der Waals surface area contributed by atoms with Gasteiger partial charge >= 0.3 is 0 Å². The SMILES string of the molecule is O=CC#Cc1ccc(F)cc1C=O. The van der Waals surface area contributed by atoms with Crippen LogP contribution in [0.4, 0.5) is 4.39 Å². The van der Waals surface area contributed by atoms with Crippen LogP contribution in [0.3, 0.4) is 0 Å². The van der Waals surface area contributed by atoms with E-state index in [0.29, 0.717) is 18.1 Å². The maximum Gasteiger partial charge on any atom is 0.193 e. The Bertz CT molecular complexity index is 399. The molecular formula is C10H5FO2. The summed E-state index contributed by atoms with van der Waals surface area (Å²) in [6, 6.07) is 3.61. The highest BCUT2D eigenvalue weighted by molar-refractivity contribution is 5.81. The van der Waals surface area contributed by atoms with E-state index in [1.54, 1.807) is 0 Å². The quantitative estimate of drug-likeness (QED) is 0.475. The summed E-state index contributed by atoms with van der Waals surface area (Å²) in [5.41, 5.74) is 0.498. The zero-order valence-corrected chi connectivity index (χ0v) is 6.58. The highest BCUT2D eigenvalue weighted by atomic mass is 19.1. The van der Waals surface area contributed by atoms with Crippen LogP contribution in [0.25, 0.3) is 0 Å². The lowest BCUT2D eigenvalue weighted by Crippen LogP contribution is -1.88. The number of carbonyl (C=O) groups is 2. The summed E-state index contributed by atoms with van der Waals surface area (Å²) < 4.78 is 12.6. The van der Waals surface area contributed by atoms with Crippen LogP contribution >= 0.6 is 0 Å². The number of rotatable bonds is 1.